The van der Waals surface area contributed by atoms with Crippen LogP contribution in [0.15, 0.2) is 4.52 Å². The van der Waals surface area contributed by atoms with Crippen LogP contribution >= 0.6 is 0 Å². The molecule has 0 unspecified atom stereocenters. The average Bonchev–Trinajstić information content (AvgIpc) is 2.87. The topological polar surface area (TPSA) is 77.4 Å². The molecular formula is C13H24N4O2. The summed E-state index contributed by atoms with van der Waals surface area (Å²) in [5.74, 6) is 2.42. The minimum atomic E-state index is 0.415. The van der Waals surface area contributed by atoms with Crippen molar-refractivity contribution < 1.29 is 9.26 Å². The van der Waals surface area contributed by atoms with Gasteiger partial charge < -0.3 is 19.9 Å². The molecule has 108 valence electrons. The molecule has 19 heavy (non-hydrogen) atoms. The summed E-state index contributed by atoms with van der Waals surface area (Å²) in [5.41, 5.74) is 5.80. The second-order valence-electron chi connectivity index (χ2n) is 5.52. The highest BCUT2D eigenvalue weighted by molar-refractivity contribution is 5.28. The Balaban J connectivity index is 1.92. The molecule has 2 rings (SSSR count). The zero-order valence-corrected chi connectivity index (χ0v) is 11.8. The first-order valence-electron chi connectivity index (χ1n) is 7.04. The minimum Gasteiger partial charge on any atom is -0.378 e. The molecule has 1 saturated heterocycles. The molecule has 0 aromatic carbocycles. The van der Waals surface area contributed by atoms with Gasteiger partial charge in [-0.05, 0) is 30.0 Å². The average molecular weight is 268 g/mol. The molecule has 0 radical (unpaired) electrons. The normalized spacial score (nSPS) is 18.0. The maximum absolute atomic E-state index is 5.80. The highest BCUT2D eigenvalue weighted by Gasteiger charge is 2.19. The highest BCUT2D eigenvalue weighted by atomic mass is 16.5. The lowest BCUT2D eigenvalue weighted by molar-refractivity contribution is 0.121. The summed E-state index contributed by atoms with van der Waals surface area (Å²) in [4.78, 5) is 6.56. The van der Waals surface area contributed by atoms with Crippen molar-refractivity contribution in [2.24, 2.45) is 17.6 Å². The molecule has 0 bridgehead atoms. The molecule has 0 amide bonds. The number of morpholine rings is 1. The van der Waals surface area contributed by atoms with Crippen molar-refractivity contribution in [2.45, 2.75) is 26.7 Å². The lowest BCUT2D eigenvalue weighted by Gasteiger charge is -2.24. The van der Waals surface area contributed by atoms with Crippen LogP contribution in [0, 0.1) is 11.8 Å². The van der Waals surface area contributed by atoms with Gasteiger partial charge in [-0.15, -0.1) is 0 Å². The molecule has 6 nitrogen and oxygen atoms in total. The summed E-state index contributed by atoms with van der Waals surface area (Å²) in [6, 6.07) is 0. The zero-order chi connectivity index (χ0) is 13.7. The van der Waals surface area contributed by atoms with E-state index in [2.05, 4.69) is 28.9 Å². The predicted molar refractivity (Wildman–Crippen MR) is 73.0 cm³/mol. The van der Waals surface area contributed by atoms with E-state index in [1.165, 1.54) is 0 Å². The van der Waals surface area contributed by atoms with Crippen LogP contribution < -0.4 is 10.6 Å². The maximum atomic E-state index is 5.80. The van der Waals surface area contributed by atoms with Crippen LogP contribution in [0.3, 0.4) is 0 Å². The summed E-state index contributed by atoms with van der Waals surface area (Å²) in [5, 5.41) is 4.05. The van der Waals surface area contributed by atoms with Gasteiger partial charge in [0.25, 0.3) is 5.95 Å². The quantitative estimate of drug-likeness (QED) is 0.831. The minimum absolute atomic E-state index is 0.415. The fourth-order valence-electron chi connectivity index (χ4n) is 2.40. The van der Waals surface area contributed by atoms with E-state index in [0.29, 0.717) is 30.2 Å². The van der Waals surface area contributed by atoms with Gasteiger partial charge in [-0.2, -0.15) is 4.98 Å². The standard InChI is InChI=1S/C13H24N4O2/c1-10(2)7-11(9-14)8-12-15-13(16-19-12)17-3-5-18-6-4-17/h10-11H,3-9,14H2,1-2H3/t11-/m0/s1. The molecule has 2 heterocycles. The predicted octanol–water partition coefficient (Wildman–Crippen LogP) is 1.07. The first-order chi connectivity index (χ1) is 9.19. The van der Waals surface area contributed by atoms with Crippen LogP contribution in [0.5, 0.6) is 0 Å². The van der Waals surface area contributed by atoms with E-state index in [4.69, 9.17) is 15.0 Å². The lowest BCUT2D eigenvalue weighted by Crippen LogP contribution is -2.36. The SMILES string of the molecule is CC(C)C[C@H](CN)Cc1nc(N2CCOCC2)no1. The van der Waals surface area contributed by atoms with Gasteiger partial charge in [0.2, 0.25) is 5.89 Å². The van der Waals surface area contributed by atoms with E-state index in [1.807, 2.05) is 0 Å². The smallest absolute Gasteiger partial charge is 0.266 e. The Morgan fingerprint density at radius 1 is 1.32 bits per heavy atom. The van der Waals surface area contributed by atoms with Crippen LogP contribution in [0.25, 0.3) is 0 Å². The van der Waals surface area contributed by atoms with Gasteiger partial charge in [0.05, 0.1) is 13.2 Å². The molecule has 2 N–H and O–H groups in total. The molecule has 1 aromatic heterocycles. The van der Waals surface area contributed by atoms with Crippen molar-refractivity contribution in [1.82, 2.24) is 10.1 Å². The van der Waals surface area contributed by atoms with Crippen molar-refractivity contribution in [3.8, 4) is 0 Å². The van der Waals surface area contributed by atoms with Gasteiger partial charge in [0.15, 0.2) is 0 Å². The number of aromatic nitrogens is 2. The molecule has 0 saturated carbocycles. The van der Waals surface area contributed by atoms with Crippen LogP contribution in [0.1, 0.15) is 26.2 Å². The monoisotopic (exact) mass is 268 g/mol. The number of ether oxygens (including phenoxy) is 1. The van der Waals surface area contributed by atoms with Gasteiger partial charge in [-0.3, -0.25) is 0 Å². The highest BCUT2D eigenvalue weighted by Crippen LogP contribution is 2.18. The van der Waals surface area contributed by atoms with Crippen LogP contribution in [-0.4, -0.2) is 43.0 Å². The molecule has 6 heteroatoms. The first-order valence-corrected chi connectivity index (χ1v) is 7.04. The molecule has 1 aliphatic rings. The van der Waals surface area contributed by atoms with Crippen molar-refractivity contribution in [3.05, 3.63) is 5.89 Å². The van der Waals surface area contributed by atoms with E-state index in [1.54, 1.807) is 0 Å². The Bertz CT molecular complexity index is 374. The number of nitrogens with two attached hydrogens (primary N) is 1. The second kappa shape index (κ2) is 6.86. The van der Waals surface area contributed by atoms with Crippen molar-refractivity contribution in [1.29, 1.82) is 0 Å². The zero-order valence-electron chi connectivity index (χ0n) is 11.8. The Hall–Kier alpha value is -1.14. The third-order valence-electron chi connectivity index (χ3n) is 3.35. The summed E-state index contributed by atoms with van der Waals surface area (Å²) in [7, 11) is 0. The third kappa shape index (κ3) is 4.18. The van der Waals surface area contributed by atoms with Gasteiger partial charge in [0, 0.05) is 19.5 Å². The number of hydrogen-bond acceptors (Lipinski definition) is 6. The van der Waals surface area contributed by atoms with E-state index >= 15 is 0 Å². The molecule has 1 fully saturated rings. The Morgan fingerprint density at radius 2 is 2.05 bits per heavy atom. The van der Waals surface area contributed by atoms with Gasteiger partial charge in [-0.25, -0.2) is 0 Å². The summed E-state index contributed by atoms with van der Waals surface area (Å²) in [6.07, 6.45) is 1.86. The van der Waals surface area contributed by atoms with Crippen molar-refractivity contribution in [3.63, 3.8) is 0 Å². The maximum Gasteiger partial charge on any atom is 0.266 e. The van der Waals surface area contributed by atoms with E-state index in [-0.39, 0.29) is 0 Å². The molecule has 1 atom stereocenters. The summed E-state index contributed by atoms with van der Waals surface area (Å²) < 4.78 is 10.6. The second-order valence-corrected chi connectivity index (χ2v) is 5.52. The largest absolute Gasteiger partial charge is 0.378 e. The Labute approximate surface area is 114 Å². The molecule has 1 aromatic rings. The van der Waals surface area contributed by atoms with Crippen molar-refractivity contribution >= 4 is 5.95 Å². The summed E-state index contributed by atoms with van der Waals surface area (Å²) in [6.45, 7) is 8.17. The fourth-order valence-corrected chi connectivity index (χ4v) is 2.40. The van der Waals surface area contributed by atoms with E-state index in [0.717, 1.165) is 39.1 Å². The molecular weight excluding hydrogens is 244 g/mol. The molecule has 0 aliphatic carbocycles. The van der Waals surface area contributed by atoms with Crippen LogP contribution in [0.4, 0.5) is 5.95 Å². The molecule has 1 aliphatic heterocycles. The number of nitrogens with zero attached hydrogens (tertiary/aromatic N) is 3. The van der Waals surface area contributed by atoms with Gasteiger partial charge in [0.1, 0.15) is 0 Å². The number of anilines is 1. The van der Waals surface area contributed by atoms with Crippen molar-refractivity contribution in [2.75, 3.05) is 37.7 Å². The number of hydrogen-bond donors (Lipinski definition) is 1. The lowest BCUT2D eigenvalue weighted by atomic mass is 9.94. The Kier molecular flexibility index (Phi) is 5.15. The van der Waals surface area contributed by atoms with Gasteiger partial charge >= 0.3 is 0 Å². The number of rotatable bonds is 6. The summed E-state index contributed by atoms with van der Waals surface area (Å²) >= 11 is 0. The van der Waals surface area contributed by atoms with Crippen LogP contribution in [0.2, 0.25) is 0 Å². The van der Waals surface area contributed by atoms with E-state index < -0.39 is 0 Å². The van der Waals surface area contributed by atoms with Gasteiger partial charge in [-0.1, -0.05) is 13.8 Å². The van der Waals surface area contributed by atoms with Crippen LogP contribution in [-0.2, 0) is 11.2 Å². The molecule has 0 spiro atoms. The fraction of sp³-hybridized carbons (Fsp3) is 0.846. The Morgan fingerprint density at radius 3 is 2.68 bits per heavy atom. The first kappa shape index (κ1) is 14.3. The third-order valence-corrected chi connectivity index (χ3v) is 3.35. The van der Waals surface area contributed by atoms with E-state index in [9.17, 15) is 0 Å².